The van der Waals surface area contributed by atoms with Gasteiger partial charge < -0.3 is 20.1 Å². The summed E-state index contributed by atoms with van der Waals surface area (Å²) in [6.07, 6.45) is 4.03. The molecule has 1 heterocycles. The van der Waals surface area contributed by atoms with Crippen molar-refractivity contribution in [1.82, 2.24) is 5.32 Å². The van der Waals surface area contributed by atoms with E-state index in [-0.39, 0.29) is 24.5 Å². The molecule has 2 N–H and O–H groups in total. The fourth-order valence-electron chi connectivity index (χ4n) is 3.54. The molecule has 4 rings (SSSR count). The maximum absolute atomic E-state index is 12.7. The number of fused-ring (bicyclic) bond motifs is 1. The first-order valence-corrected chi connectivity index (χ1v) is 9.27. The van der Waals surface area contributed by atoms with E-state index in [2.05, 4.69) is 10.6 Å². The van der Waals surface area contributed by atoms with Crippen molar-refractivity contribution in [3.8, 4) is 11.5 Å². The van der Waals surface area contributed by atoms with E-state index in [9.17, 15) is 9.59 Å². The third kappa shape index (κ3) is 3.89. The predicted molar refractivity (Wildman–Crippen MR) is 101 cm³/mol. The Kier molecular flexibility index (Phi) is 4.96. The fourth-order valence-corrected chi connectivity index (χ4v) is 3.54. The standard InChI is InChI=1S/C21H22N2O4/c24-20(15-5-1-2-6-15)23-17-8-4-3-7-16(17)21(25)22-12-14-9-10-18-19(11-14)27-13-26-18/h3-4,7-11,15H,1-2,5-6,12-13H2,(H,22,25)(H,23,24). The van der Waals surface area contributed by atoms with Crippen molar-refractivity contribution in [2.24, 2.45) is 5.92 Å². The summed E-state index contributed by atoms with van der Waals surface area (Å²) in [5, 5.41) is 5.83. The van der Waals surface area contributed by atoms with Gasteiger partial charge in [-0.15, -0.1) is 0 Å². The van der Waals surface area contributed by atoms with E-state index in [1.807, 2.05) is 24.3 Å². The molecule has 2 amide bonds. The van der Waals surface area contributed by atoms with Gasteiger partial charge >= 0.3 is 0 Å². The summed E-state index contributed by atoms with van der Waals surface area (Å²) >= 11 is 0. The molecule has 0 unspecified atom stereocenters. The van der Waals surface area contributed by atoms with Crippen LogP contribution in [-0.4, -0.2) is 18.6 Å². The second-order valence-electron chi connectivity index (χ2n) is 6.89. The number of benzene rings is 2. The number of hydrogen-bond donors (Lipinski definition) is 2. The highest BCUT2D eigenvalue weighted by molar-refractivity contribution is 6.04. The molecule has 1 saturated carbocycles. The summed E-state index contributed by atoms with van der Waals surface area (Å²) in [6, 6.07) is 12.7. The lowest BCUT2D eigenvalue weighted by Gasteiger charge is -2.14. The van der Waals surface area contributed by atoms with Gasteiger partial charge in [-0.1, -0.05) is 31.0 Å². The quantitative estimate of drug-likeness (QED) is 0.849. The number of rotatable bonds is 5. The van der Waals surface area contributed by atoms with Crippen LogP contribution in [0.2, 0.25) is 0 Å². The number of para-hydroxylation sites is 1. The van der Waals surface area contributed by atoms with E-state index in [0.717, 1.165) is 31.2 Å². The first-order valence-electron chi connectivity index (χ1n) is 9.27. The maximum atomic E-state index is 12.7. The number of carbonyl (C=O) groups excluding carboxylic acids is 2. The summed E-state index contributed by atoms with van der Waals surface area (Å²) in [6.45, 7) is 0.583. The molecule has 1 fully saturated rings. The maximum Gasteiger partial charge on any atom is 0.253 e. The molecule has 2 aliphatic rings. The van der Waals surface area contributed by atoms with Crippen molar-refractivity contribution in [3.63, 3.8) is 0 Å². The van der Waals surface area contributed by atoms with E-state index in [0.29, 0.717) is 29.3 Å². The average molecular weight is 366 g/mol. The molecule has 1 aliphatic heterocycles. The van der Waals surface area contributed by atoms with E-state index < -0.39 is 0 Å². The van der Waals surface area contributed by atoms with Crippen LogP contribution in [0.25, 0.3) is 0 Å². The van der Waals surface area contributed by atoms with Gasteiger partial charge in [0, 0.05) is 12.5 Å². The second-order valence-corrected chi connectivity index (χ2v) is 6.89. The first-order chi connectivity index (χ1) is 13.2. The Balaban J connectivity index is 1.41. The monoisotopic (exact) mass is 366 g/mol. The Morgan fingerprint density at radius 3 is 2.63 bits per heavy atom. The van der Waals surface area contributed by atoms with Gasteiger partial charge in [-0.05, 0) is 42.7 Å². The predicted octanol–water partition coefficient (Wildman–Crippen LogP) is 3.47. The highest BCUT2D eigenvalue weighted by Crippen LogP contribution is 2.32. The van der Waals surface area contributed by atoms with Crippen LogP contribution in [0.5, 0.6) is 11.5 Å². The minimum absolute atomic E-state index is 0.00326. The third-order valence-corrected chi connectivity index (χ3v) is 5.05. The lowest BCUT2D eigenvalue weighted by Crippen LogP contribution is -2.26. The lowest BCUT2D eigenvalue weighted by molar-refractivity contribution is -0.119. The van der Waals surface area contributed by atoms with Crippen molar-refractivity contribution in [3.05, 3.63) is 53.6 Å². The zero-order valence-corrected chi connectivity index (χ0v) is 15.0. The number of ether oxygens (including phenoxy) is 2. The van der Waals surface area contributed by atoms with Crippen LogP contribution in [0.15, 0.2) is 42.5 Å². The smallest absolute Gasteiger partial charge is 0.253 e. The Morgan fingerprint density at radius 1 is 1.00 bits per heavy atom. The molecule has 140 valence electrons. The average Bonchev–Trinajstić information content (AvgIpc) is 3.38. The molecular formula is C21H22N2O4. The number of hydrogen-bond acceptors (Lipinski definition) is 4. The van der Waals surface area contributed by atoms with Crippen LogP contribution >= 0.6 is 0 Å². The van der Waals surface area contributed by atoms with E-state index in [1.165, 1.54) is 0 Å². The summed E-state index contributed by atoms with van der Waals surface area (Å²) in [5.41, 5.74) is 1.93. The van der Waals surface area contributed by atoms with Crippen LogP contribution in [0.4, 0.5) is 5.69 Å². The molecule has 0 radical (unpaired) electrons. The number of amides is 2. The fraction of sp³-hybridized carbons (Fsp3) is 0.333. The molecule has 0 bridgehead atoms. The van der Waals surface area contributed by atoms with Crippen LogP contribution in [-0.2, 0) is 11.3 Å². The zero-order chi connectivity index (χ0) is 18.6. The van der Waals surface area contributed by atoms with Gasteiger partial charge in [0.25, 0.3) is 5.91 Å². The lowest BCUT2D eigenvalue weighted by atomic mass is 10.1. The van der Waals surface area contributed by atoms with Crippen molar-refractivity contribution >= 4 is 17.5 Å². The van der Waals surface area contributed by atoms with E-state index in [4.69, 9.17) is 9.47 Å². The molecule has 1 aliphatic carbocycles. The zero-order valence-electron chi connectivity index (χ0n) is 15.0. The summed E-state index contributed by atoms with van der Waals surface area (Å²) in [7, 11) is 0. The van der Waals surface area contributed by atoms with Gasteiger partial charge in [0.1, 0.15) is 0 Å². The molecule has 0 atom stereocenters. The molecule has 6 nitrogen and oxygen atoms in total. The van der Waals surface area contributed by atoms with Gasteiger partial charge in [-0.3, -0.25) is 9.59 Å². The highest BCUT2D eigenvalue weighted by Gasteiger charge is 2.24. The van der Waals surface area contributed by atoms with Gasteiger partial charge in [-0.2, -0.15) is 0 Å². The SMILES string of the molecule is O=C(NCc1ccc2c(c1)OCO2)c1ccccc1NC(=O)C1CCCC1. The Morgan fingerprint density at radius 2 is 1.78 bits per heavy atom. The molecular weight excluding hydrogens is 344 g/mol. The van der Waals surface area contributed by atoms with Crippen LogP contribution < -0.4 is 20.1 Å². The topological polar surface area (TPSA) is 76.7 Å². The van der Waals surface area contributed by atoms with Gasteiger partial charge in [-0.25, -0.2) is 0 Å². The van der Waals surface area contributed by atoms with Crippen molar-refractivity contribution in [2.75, 3.05) is 12.1 Å². The van der Waals surface area contributed by atoms with Crippen molar-refractivity contribution in [2.45, 2.75) is 32.2 Å². The number of nitrogens with one attached hydrogen (secondary N) is 2. The minimum atomic E-state index is -0.227. The normalized spacial score (nSPS) is 15.6. The van der Waals surface area contributed by atoms with Crippen molar-refractivity contribution in [1.29, 1.82) is 0 Å². The van der Waals surface area contributed by atoms with Crippen molar-refractivity contribution < 1.29 is 19.1 Å². The Labute approximate surface area is 157 Å². The first kappa shape index (κ1) is 17.4. The molecule has 0 saturated heterocycles. The third-order valence-electron chi connectivity index (χ3n) is 5.05. The van der Waals surface area contributed by atoms with Gasteiger partial charge in [0.05, 0.1) is 11.3 Å². The molecule has 2 aromatic rings. The summed E-state index contributed by atoms with van der Waals surface area (Å²) in [5.74, 6) is 1.23. The molecule has 6 heteroatoms. The van der Waals surface area contributed by atoms with E-state index >= 15 is 0 Å². The van der Waals surface area contributed by atoms with Crippen LogP contribution in [0, 0.1) is 5.92 Å². The molecule has 2 aromatic carbocycles. The largest absolute Gasteiger partial charge is 0.454 e. The number of carbonyl (C=O) groups is 2. The summed E-state index contributed by atoms with van der Waals surface area (Å²) < 4.78 is 10.7. The Hall–Kier alpha value is -3.02. The summed E-state index contributed by atoms with van der Waals surface area (Å²) in [4.78, 5) is 25.1. The molecule has 27 heavy (non-hydrogen) atoms. The second kappa shape index (κ2) is 7.70. The molecule has 0 aromatic heterocycles. The minimum Gasteiger partial charge on any atom is -0.454 e. The number of anilines is 1. The van der Waals surface area contributed by atoms with Gasteiger partial charge in [0.2, 0.25) is 12.7 Å². The van der Waals surface area contributed by atoms with Crippen LogP contribution in [0.3, 0.4) is 0 Å². The Bertz CT molecular complexity index is 859. The van der Waals surface area contributed by atoms with Gasteiger partial charge in [0.15, 0.2) is 11.5 Å². The van der Waals surface area contributed by atoms with Crippen LogP contribution in [0.1, 0.15) is 41.6 Å². The molecule has 0 spiro atoms. The van der Waals surface area contributed by atoms with E-state index in [1.54, 1.807) is 18.2 Å². The highest BCUT2D eigenvalue weighted by atomic mass is 16.7.